The number of aromatic nitrogens is 3. The summed E-state index contributed by atoms with van der Waals surface area (Å²) < 4.78 is 0. The molecular formula is C16H16N4. The fourth-order valence-corrected chi connectivity index (χ4v) is 2.08. The number of rotatable bonds is 3. The molecule has 0 aliphatic heterocycles. The molecule has 1 aromatic carbocycles. The topological polar surface area (TPSA) is 50.7 Å². The summed E-state index contributed by atoms with van der Waals surface area (Å²) in [6.07, 6.45) is 3.53. The van der Waals surface area contributed by atoms with E-state index in [1.54, 1.807) is 12.4 Å². The number of anilines is 1. The molecule has 0 radical (unpaired) electrons. The van der Waals surface area contributed by atoms with Crippen molar-refractivity contribution in [3.05, 3.63) is 48.8 Å². The van der Waals surface area contributed by atoms with Gasteiger partial charge in [-0.1, -0.05) is 12.1 Å². The zero-order valence-corrected chi connectivity index (χ0v) is 11.5. The molecule has 4 nitrogen and oxygen atoms in total. The van der Waals surface area contributed by atoms with Gasteiger partial charge in [-0.05, 0) is 38.1 Å². The minimum Gasteiger partial charge on any atom is -0.367 e. The molecule has 0 saturated carbocycles. The van der Waals surface area contributed by atoms with E-state index in [9.17, 15) is 0 Å². The molecule has 0 unspecified atom stereocenters. The van der Waals surface area contributed by atoms with Crippen LogP contribution in [0.2, 0.25) is 0 Å². The summed E-state index contributed by atoms with van der Waals surface area (Å²) in [4.78, 5) is 13.4. The molecule has 0 fully saturated rings. The van der Waals surface area contributed by atoms with E-state index in [1.807, 2.05) is 36.4 Å². The summed E-state index contributed by atoms with van der Waals surface area (Å²) in [5, 5.41) is 4.42. The summed E-state index contributed by atoms with van der Waals surface area (Å²) >= 11 is 0. The Bertz CT molecular complexity index is 723. The van der Waals surface area contributed by atoms with Crippen LogP contribution in [-0.4, -0.2) is 21.0 Å². The van der Waals surface area contributed by atoms with Crippen molar-refractivity contribution in [1.82, 2.24) is 15.0 Å². The normalized spacial score (nSPS) is 10.9. The molecule has 100 valence electrons. The largest absolute Gasteiger partial charge is 0.367 e. The van der Waals surface area contributed by atoms with Gasteiger partial charge in [-0.2, -0.15) is 0 Å². The van der Waals surface area contributed by atoms with Gasteiger partial charge >= 0.3 is 0 Å². The lowest BCUT2D eigenvalue weighted by molar-refractivity contribution is 0.891. The summed E-state index contributed by atoms with van der Waals surface area (Å²) in [5.41, 5.74) is 1.86. The van der Waals surface area contributed by atoms with Crippen LogP contribution in [-0.2, 0) is 0 Å². The van der Waals surface area contributed by atoms with Crippen LogP contribution in [0, 0.1) is 0 Å². The SMILES string of the molecule is CC(C)Nc1nc(-c2cccnc2)nc2ccccc12. The van der Waals surface area contributed by atoms with Crippen LogP contribution in [0.5, 0.6) is 0 Å². The van der Waals surface area contributed by atoms with Gasteiger partial charge < -0.3 is 5.32 Å². The third-order valence-electron chi connectivity index (χ3n) is 2.95. The molecule has 3 rings (SSSR count). The third-order valence-corrected chi connectivity index (χ3v) is 2.95. The first-order valence-corrected chi connectivity index (χ1v) is 6.68. The maximum absolute atomic E-state index is 4.65. The maximum Gasteiger partial charge on any atom is 0.163 e. The van der Waals surface area contributed by atoms with Crippen molar-refractivity contribution < 1.29 is 0 Å². The van der Waals surface area contributed by atoms with E-state index in [-0.39, 0.29) is 0 Å². The van der Waals surface area contributed by atoms with Gasteiger partial charge in [0.1, 0.15) is 5.82 Å². The monoisotopic (exact) mass is 264 g/mol. The van der Waals surface area contributed by atoms with Crippen molar-refractivity contribution in [3.63, 3.8) is 0 Å². The molecule has 0 aliphatic rings. The van der Waals surface area contributed by atoms with Gasteiger partial charge in [-0.25, -0.2) is 9.97 Å². The quantitative estimate of drug-likeness (QED) is 0.786. The Balaban J connectivity index is 2.20. The first-order valence-electron chi connectivity index (χ1n) is 6.68. The van der Waals surface area contributed by atoms with Gasteiger partial charge in [0.25, 0.3) is 0 Å². The van der Waals surface area contributed by atoms with Crippen molar-refractivity contribution in [1.29, 1.82) is 0 Å². The first-order chi connectivity index (χ1) is 9.74. The van der Waals surface area contributed by atoms with E-state index in [4.69, 9.17) is 0 Å². The average molecular weight is 264 g/mol. The fourth-order valence-electron chi connectivity index (χ4n) is 2.08. The molecule has 0 aliphatic carbocycles. The Morgan fingerprint density at radius 3 is 2.60 bits per heavy atom. The third kappa shape index (κ3) is 2.45. The van der Waals surface area contributed by atoms with Crippen LogP contribution < -0.4 is 5.32 Å². The highest BCUT2D eigenvalue weighted by Crippen LogP contribution is 2.24. The maximum atomic E-state index is 4.65. The van der Waals surface area contributed by atoms with E-state index in [1.165, 1.54) is 0 Å². The van der Waals surface area contributed by atoms with E-state index >= 15 is 0 Å². The zero-order valence-electron chi connectivity index (χ0n) is 11.5. The summed E-state index contributed by atoms with van der Waals surface area (Å²) in [6.45, 7) is 4.20. The number of para-hydroxylation sites is 1. The van der Waals surface area contributed by atoms with Crippen molar-refractivity contribution >= 4 is 16.7 Å². The van der Waals surface area contributed by atoms with Crippen LogP contribution >= 0.6 is 0 Å². The summed E-state index contributed by atoms with van der Waals surface area (Å²) in [6, 6.07) is 12.2. The number of nitrogens with zero attached hydrogens (tertiary/aromatic N) is 3. The van der Waals surface area contributed by atoms with Crippen LogP contribution in [0.15, 0.2) is 48.8 Å². The second-order valence-corrected chi connectivity index (χ2v) is 4.95. The standard InChI is InChI=1S/C16H16N4/c1-11(2)18-16-13-7-3-4-8-14(13)19-15(20-16)12-6-5-9-17-10-12/h3-11H,1-2H3,(H,18,19,20). The lowest BCUT2D eigenvalue weighted by Crippen LogP contribution is -2.12. The van der Waals surface area contributed by atoms with E-state index in [0.717, 1.165) is 22.3 Å². The Labute approximate surface area is 117 Å². The minimum atomic E-state index is 0.315. The molecular weight excluding hydrogens is 248 g/mol. The van der Waals surface area contributed by atoms with Crippen LogP contribution in [0.1, 0.15) is 13.8 Å². The Kier molecular flexibility index (Phi) is 3.29. The van der Waals surface area contributed by atoms with Crippen molar-refractivity contribution in [2.45, 2.75) is 19.9 Å². The lowest BCUT2D eigenvalue weighted by Gasteiger charge is -2.13. The smallest absolute Gasteiger partial charge is 0.163 e. The summed E-state index contributed by atoms with van der Waals surface area (Å²) in [7, 11) is 0. The molecule has 1 N–H and O–H groups in total. The second kappa shape index (κ2) is 5.25. The predicted octanol–water partition coefficient (Wildman–Crippen LogP) is 3.51. The molecule has 0 amide bonds. The molecule has 2 aromatic heterocycles. The highest BCUT2D eigenvalue weighted by atomic mass is 15.0. The van der Waals surface area contributed by atoms with Gasteiger partial charge in [0.15, 0.2) is 5.82 Å². The highest BCUT2D eigenvalue weighted by molar-refractivity contribution is 5.90. The molecule has 2 heterocycles. The number of fused-ring (bicyclic) bond motifs is 1. The van der Waals surface area contributed by atoms with Crippen LogP contribution in [0.4, 0.5) is 5.82 Å². The van der Waals surface area contributed by atoms with Gasteiger partial charge in [0.2, 0.25) is 0 Å². The van der Waals surface area contributed by atoms with Crippen molar-refractivity contribution in [2.24, 2.45) is 0 Å². The van der Waals surface area contributed by atoms with Gasteiger partial charge in [0.05, 0.1) is 5.52 Å². The predicted molar refractivity (Wildman–Crippen MR) is 81.5 cm³/mol. The number of benzene rings is 1. The highest BCUT2D eigenvalue weighted by Gasteiger charge is 2.09. The second-order valence-electron chi connectivity index (χ2n) is 4.95. The average Bonchev–Trinajstić information content (AvgIpc) is 2.47. The van der Waals surface area contributed by atoms with Gasteiger partial charge in [-0.15, -0.1) is 0 Å². The van der Waals surface area contributed by atoms with Crippen molar-refractivity contribution in [2.75, 3.05) is 5.32 Å². The van der Waals surface area contributed by atoms with Crippen LogP contribution in [0.25, 0.3) is 22.3 Å². The Hall–Kier alpha value is -2.49. The Morgan fingerprint density at radius 2 is 1.85 bits per heavy atom. The molecule has 4 heteroatoms. The van der Waals surface area contributed by atoms with E-state index < -0.39 is 0 Å². The molecule has 0 bridgehead atoms. The molecule has 0 saturated heterocycles. The number of pyridine rings is 1. The van der Waals surface area contributed by atoms with Gasteiger partial charge in [0, 0.05) is 29.4 Å². The Morgan fingerprint density at radius 1 is 1.00 bits per heavy atom. The number of hydrogen-bond acceptors (Lipinski definition) is 4. The lowest BCUT2D eigenvalue weighted by atomic mass is 10.2. The zero-order chi connectivity index (χ0) is 13.9. The molecule has 0 atom stereocenters. The van der Waals surface area contributed by atoms with Gasteiger partial charge in [-0.3, -0.25) is 4.98 Å². The van der Waals surface area contributed by atoms with Crippen molar-refractivity contribution in [3.8, 4) is 11.4 Å². The van der Waals surface area contributed by atoms with E-state index in [0.29, 0.717) is 11.9 Å². The molecule has 3 aromatic rings. The van der Waals surface area contributed by atoms with E-state index in [2.05, 4.69) is 34.1 Å². The number of hydrogen-bond donors (Lipinski definition) is 1. The molecule has 0 spiro atoms. The molecule has 20 heavy (non-hydrogen) atoms. The minimum absolute atomic E-state index is 0.315. The first kappa shape index (κ1) is 12.5. The summed E-state index contributed by atoms with van der Waals surface area (Å²) in [5.74, 6) is 1.56. The number of nitrogens with one attached hydrogen (secondary N) is 1. The fraction of sp³-hybridized carbons (Fsp3) is 0.188. The van der Waals surface area contributed by atoms with Crippen LogP contribution in [0.3, 0.4) is 0 Å².